The smallest absolute Gasteiger partial charge is 0.308 e. The summed E-state index contributed by atoms with van der Waals surface area (Å²) >= 11 is 0. The van der Waals surface area contributed by atoms with E-state index >= 15 is 0 Å². The topological polar surface area (TPSA) is 42.0 Å². The minimum atomic E-state index is 0.0425. The molecule has 0 saturated carbocycles. The zero-order chi connectivity index (χ0) is 27.4. The predicted octanol–water partition coefficient (Wildman–Crippen LogP) is 8.11. The van der Waals surface area contributed by atoms with E-state index in [2.05, 4.69) is 44.4 Å². The van der Waals surface area contributed by atoms with Gasteiger partial charge >= 0.3 is 5.97 Å². The van der Waals surface area contributed by atoms with Crippen LogP contribution in [0.1, 0.15) is 137 Å². The molecule has 0 aromatic heterocycles. The van der Waals surface area contributed by atoms with Crippen molar-refractivity contribution in [1.82, 2.24) is 9.80 Å². The SMILES string of the molecule is CCCCCOCCCCCCN(CCCCCCOC(=O)C(CCC)CCCC)CCN(CC)CC. The highest BCUT2D eigenvalue weighted by molar-refractivity contribution is 5.72. The van der Waals surface area contributed by atoms with Gasteiger partial charge in [0, 0.05) is 26.3 Å². The maximum Gasteiger partial charge on any atom is 0.308 e. The van der Waals surface area contributed by atoms with Crippen LogP contribution in [0.5, 0.6) is 0 Å². The lowest BCUT2D eigenvalue weighted by Gasteiger charge is -2.26. The standard InChI is InChI=1S/C32H66N2O3/c1-6-11-19-28-36-29-20-15-13-17-24-34(27-26-33(9-4)10-5)25-18-14-16-21-30-37-32(35)31(22-8-3)23-12-7-2/h31H,6-30H2,1-5H3. The lowest BCUT2D eigenvalue weighted by atomic mass is 9.97. The second-order valence-corrected chi connectivity index (χ2v) is 10.8. The van der Waals surface area contributed by atoms with E-state index in [-0.39, 0.29) is 11.9 Å². The van der Waals surface area contributed by atoms with Gasteiger partial charge in [0.2, 0.25) is 0 Å². The highest BCUT2D eigenvalue weighted by Crippen LogP contribution is 2.17. The molecule has 0 spiro atoms. The van der Waals surface area contributed by atoms with E-state index in [1.54, 1.807) is 0 Å². The Labute approximate surface area is 232 Å². The minimum absolute atomic E-state index is 0.0425. The first-order chi connectivity index (χ1) is 18.1. The second kappa shape index (κ2) is 28.4. The molecule has 0 aliphatic rings. The van der Waals surface area contributed by atoms with Crippen molar-refractivity contribution in [3.63, 3.8) is 0 Å². The van der Waals surface area contributed by atoms with E-state index in [0.717, 1.165) is 71.2 Å². The summed E-state index contributed by atoms with van der Waals surface area (Å²) in [4.78, 5) is 17.6. The van der Waals surface area contributed by atoms with Crippen LogP contribution in [0.2, 0.25) is 0 Å². The summed E-state index contributed by atoms with van der Waals surface area (Å²) in [5, 5.41) is 0. The Balaban J connectivity index is 4.08. The van der Waals surface area contributed by atoms with E-state index in [9.17, 15) is 4.79 Å². The fraction of sp³-hybridized carbons (Fsp3) is 0.969. The van der Waals surface area contributed by atoms with Crippen LogP contribution in [0.15, 0.2) is 0 Å². The van der Waals surface area contributed by atoms with E-state index in [4.69, 9.17) is 9.47 Å². The first-order valence-corrected chi connectivity index (χ1v) is 16.3. The quantitative estimate of drug-likeness (QED) is 0.0727. The third kappa shape index (κ3) is 23.0. The predicted molar refractivity (Wildman–Crippen MR) is 160 cm³/mol. The van der Waals surface area contributed by atoms with E-state index in [1.807, 2.05) is 0 Å². The molecular formula is C32H66N2O3. The van der Waals surface area contributed by atoms with Crippen molar-refractivity contribution in [2.45, 2.75) is 137 Å². The summed E-state index contributed by atoms with van der Waals surface area (Å²) in [6.45, 7) is 20.6. The molecule has 5 heteroatoms. The summed E-state index contributed by atoms with van der Waals surface area (Å²) in [6, 6.07) is 0. The van der Waals surface area contributed by atoms with Crippen LogP contribution in [0.25, 0.3) is 0 Å². The highest BCUT2D eigenvalue weighted by Gasteiger charge is 2.18. The molecule has 37 heavy (non-hydrogen) atoms. The van der Waals surface area contributed by atoms with Crippen molar-refractivity contribution in [3.8, 4) is 0 Å². The maximum atomic E-state index is 12.4. The number of carbonyl (C=O) groups excluding carboxylic acids is 1. The third-order valence-electron chi connectivity index (χ3n) is 7.52. The van der Waals surface area contributed by atoms with Crippen molar-refractivity contribution in [2.75, 3.05) is 59.1 Å². The molecule has 0 saturated heterocycles. The number of hydrogen-bond acceptors (Lipinski definition) is 5. The fourth-order valence-electron chi connectivity index (χ4n) is 4.87. The van der Waals surface area contributed by atoms with Gasteiger partial charge in [-0.15, -0.1) is 0 Å². The Hall–Kier alpha value is -0.650. The molecule has 0 aromatic rings. The molecule has 0 aliphatic heterocycles. The number of nitrogens with zero attached hydrogens (tertiary/aromatic N) is 2. The molecule has 0 fully saturated rings. The van der Waals surface area contributed by atoms with Gasteiger partial charge in [-0.3, -0.25) is 4.79 Å². The summed E-state index contributed by atoms with van der Waals surface area (Å²) in [5.74, 6) is 0.156. The van der Waals surface area contributed by atoms with Crippen LogP contribution in [-0.2, 0) is 14.3 Å². The third-order valence-corrected chi connectivity index (χ3v) is 7.52. The molecule has 1 atom stereocenters. The molecule has 1 unspecified atom stereocenters. The molecule has 0 amide bonds. The average Bonchev–Trinajstić information content (AvgIpc) is 2.91. The van der Waals surface area contributed by atoms with Crippen molar-refractivity contribution in [2.24, 2.45) is 5.92 Å². The van der Waals surface area contributed by atoms with Crippen LogP contribution in [-0.4, -0.2) is 74.9 Å². The highest BCUT2D eigenvalue weighted by atomic mass is 16.5. The summed E-state index contributed by atoms with van der Waals surface area (Å²) in [7, 11) is 0. The molecule has 0 bridgehead atoms. The summed E-state index contributed by atoms with van der Waals surface area (Å²) < 4.78 is 11.4. The van der Waals surface area contributed by atoms with Crippen molar-refractivity contribution in [1.29, 1.82) is 0 Å². The van der Waals surface area contributed by atoms with Crippen LogP contribution in [0, 0.1) is 5.92 Å². The van der Waals surface area contributed by atoms with E-state index in [1.165, 1.54) is 84.0 Å². The normalized spacial score (nSPS) is 12.5. The first kappa shape index (κ1) is 36.4. The van der Waals surface area contributed by atoms with Gasteiger partial charge < -0.3 is 19.3 Å². The molecule has 0 radical (unpaired) electrons. The zero-order valence-corrected chi connectivity index (χ0v) is 25.9. The van der Waals surface area contributed by atoms with E-state index < -0.39 is 0 Å². The molecule has 0 N–H and O–H groups in total. The van der Waals surface area contributed by atoms with Crippen molar-refractivity contribution < 1.29 is 14.3 Å². The van der Waals surface area contributed by atoms with Crippen LogP contribution in [0.3, 0.4) is 0 Å². The Morgan fingerprint density at radius 2 is 1.08 bits per heavy atom. The molecule has 0 aliphatic carbocycles. The molecular weight excluding hydrogens is 460 g/mol. The molecule has 0 aromatic carbocycles. The Kier molecular flexibility index (Phi) is 27.9. The summed E-state index contributed by atoms with van der Waals surface area (Å²) in [6.07, 6.45) is 18.8. The number of rotatable bonds is 29. The first-order valence-electron chi connectivity index (χ1n) is 16.3. The van der Waals surface area contributed by atoms with Gasteiger partial charge in [0.1, 0.15) is 0 Å². The van der Waals surface area contributed by atoms with Gasteiger partial charge in [0.05, 0.1) is 12.5 Å². The van der Waals surface area contributed by atoms with E-state index in [0.29, 0.717) is 6.61 Å². The number of likely N-dealkylation sites (N-methyl/N-ethyl adjacent to an activating group) is 1. The van der Waals surface area contributed by atoms with Gasteiger partial charge in [-0.05, 0) is 71.1 Å². The number of hydrogen-bond donors (Lipinski definition) is 0. The molecule has 0 rings (SSSR count). The van der Waals surface area contributed by atoms with Crippen LogP contribution >= 0.6 is 0 Å². The number of ether oxygens (including phenoxy) is 2. The minimum Gasteiger partial charge on any atom is -0.465 e. The van der Waals surface area contributed by atoms with Crippen LogP contribution < -0.4 is 0 Å². The monoisotopic (exact) mass is 527 g/mol. The fourth-order valence-corrected chi connectivity index (χ4v) is 4.87. The molecule has 222 valence electrons. The molecule has 5 nitrogen and oxygen atoms in total. The maximum absolute atomic E-state index is 12.4. The number of carbonyl (C=O) groups is 1. The molecule has 0 heterocycles. The second-order valence-electron chi connectivity index (χ2n) is 10.8. The Morgan fingerprint density at radius 1 is 0.541 bits per heavy atom. The average molecular weight is 527 g/mol. The lowest BCUT2D eigenvalue weighted by Crippen LogP contribution is -2.36. The zero-order valence-electron chi connectivity index (χ0n) is 25.9. The van der Waals surface area contributed by atoms with Gasteiger partial charge in [-0.2, -0.15) is 0 Å². The van der Waals surface area contributed by atoms with Gasteiger partial charge in [-0.25, -0.2) is 0 Å². The summed E-state index contributed by atoms with van der Waals surface area (Å²) in [5.41, 5.74) is 0. The van der Waals surface area contributed by atoms with Crippen molar-refractivity contribution >= 4 is 5.97 Å². The number of esters is 1. The lowest BCUT2D eigenvalue weighted by molar-refractivity contribution is -0.149. The van der Waals surface area contributed by atoms with Crippen molar-refractivity contribution in [3.05, 3.63) is 0 Å². The number of unbranched alkanes of at least 4 members (excludes halogenated alkanes) is 9. The Morgan fingerprint density at radius 3 is 1.65 bits per heavy atom. The Bertz CT molecular complexity index is 471. The van der Waals surface area contributed by atoms with Crippen LogP contribution in [0.4, 0.5) is 0 Å². The van der Waals surface area contributed by atoms with Gasteiger partial charge in [0.25, 0.3) is 0 Å². The largest absolute Gasteiger partial charge is 0.465 e. The van der Waals surface area contributed by atoms with Gasteiger partial charge in [-0.1, -0.05) is 92.4 Å². The van der Waals surface area contributed by atoms with Gasteiger partial charge in [0.15, 0.2) is 0 Å².